The molecule has 0 saturated heterocycles. The Morgan fingerprint density at radius 1 is 1.06 bits per heavy atom. The summed E-state index contributed by atoms with van der Waals surface area (Å²) in [4.78, 5) is 21.7. The molecule has 4 heteroatoms. The minimum atomic E-state index is -0.231. The van der Waals surface area contributed by atoms with Gasteiger partial charge in [0.1, 0.15) is 0 Å². The fraction of sp³-hybridized carbons (Fsp3) is 0.714. The number of hydrogen-bond donors (Lipinski definition) is 0. The summed E-state index contributed by atoms with van der Waals surface area (Å²) < 4.78 is 10.2. The van der Waals surface area contributed by atoms with Crippen molar-refractivity contribution < 1.29 is 19.1 Å². The number of carbonyl (C=O) groups is 2. The van der Waals surface area contributed by atoms with Crippen molar-refractivity contribution in [2.24, 2.45) is 23.7 Å². The van der Waals surface area contributed by atoms with E-state index in [-0.39, 0.29) is 11.9 Å². The zero-order valence-corrected chi connectivity index (χ0v) is 10.9. The fourth-order valence-electron chi connectivity index (χ4n) is 3.25. The molecule has 2 rings (SSSR count). The quantitative estimate of drug-likeness (QED) is 0.554. The predicted octanol–water partition coefficient (Wildman–Crippen LogP) is 1.94. The van der Waals surface area contributed by atoms with Gasteiger partial charge in [0.15, 0.2) is 0 Å². The van der Waals surface area contributed by atoms with Crippen LogP contribution in [0, 0.1) is 23.7 Å². The van der Waals surface area contributed by atoms with Gasteiger partial charge in [0, 0.05) is 19.8 Å². The van der Waals surface area contributed by atoms with E-state index in [9.17, 15) is 9.59 Å². The Bertz CT molecular complexity index is 361. The van der Waals surface area contributed by atoms with E-state index in [1.54, 1.807) is 0 Å². The van der Waals surface area contributed by atoms with Crippen molar-refractivity contribution in [1.29, 1.82) is 0 Å². The molecule has 0 N–H and O–H groups in total. The maximum atomic E-state index is 10.9. The number of esters is 2. The van der Waals surface area contributed by atoms with Crippen molar-refractivity contribution in [2.75, 3.05) is 13.2 Å². The van der Waals surface area contributed by atoms with Gasteiger partial charge in [-0.25, -0.2) is 0 Å². The second-order valence-corrected chi connectivity index (χ2v) is 5.21. The van der Waals surface area contributed by atoms with Crippen LogP contribution in [0.15, 0.2) is 12.2 Å². The van der Waals surface area contributed by atoms with Gasteiger partial charge >= 0.3 is 11.9 Å². The molecule has 4 nitrogen and oxygen atoms in total. The van der Waals surface area contributed by atoms with Gasteiger partial charge < -0.3 is 9.47 Å². The van der Waals surface area contributed by atoms with E-state index in [1.165, 1.54) is 13.8 Å². The van der Waals surface area contributed by atoms with Crippen LogP contribution < -0.4 is 0 Å². The lowest BCUT2D eigenvalue weighted by molar-refractivity contribution is -0.143. The molecule has 0 aromatic rings. The molecule has 4 atom stereocenters. The first-order chi connectivity index (χ1) is 8.58. The number of fused-ring (bicyclic) bond motifs is 2. The predicted molar refractivity (Wildman–Crippen MR) is 65.6 cm³/mol. The summed E-state index contributed by atoms with van der Waals surface area (Å²) in [5, 5.41) is 0. The number of ether oxygens (including phenoxy) is 2. The minimum Gasteiger partial charge on any atom is -0.466 e. The normalized spacial score (nSPS) is 32.6. The molecule has 4 unspecified atom stereocenters. The maximum Gasteiger partial charge on any atom is 0.302 e. The van der Waals surface area contributed by atoms with Crippen LogP contribution in [-0.2, 0) is 19.1 Å². The van der Waals surface area contributed by atoms with Gasteiger partial charge in [-0.1, -0.05) is 12.2 Å². The molecule has 1 saturated carbocycles. The summed E-state index contributed by atoms with van der Waals surface area (Å²) >= 11 is 0. The summed E-state index contributed by atoms with van der Waals surface area (Å²) in [7, 11) is 0. The number of allylic oxidation sites excluding steroid dienone is 2. The van der Waals surface area contributed by atoms with Crippen LogP contribution in [0.4, 0.5) is 0 Å². The van der Waals surface area contributed by atoms with Gasteiger partial charge in [-0.05, 0) is 30.6 Å². The Balaban J connectivity index is 1.87. The molecule has 2 bridgehead atoms. The van der Waals surface area contributed by atoms with Crippen LogP contribution in [0.2, 0.25) is 0 Å². The standard InChI is InChI=1S/C14H20O4/c1-9(15)17-6-5-13-11-3-4-12(7-11)14(13)8-18-10(2)16/h3-4,11-14H,5-8H2,1-2H3. The Hall–Kier alpha value is -1.32. The van der Waals surface area contributed by atoms with E-state index in [4.69, 9.17) is 9.47 Å². The topological polar surface area (TPSA) is 52.6 Å². The lowest BCUT2D eigenvalue weighted by Crippen LogP contribution is -2.26. The van der Waals surface area contributed by atoms with E-state index in [2.05, 4.69) is 12.2 Å². The van der Waals surface area contributed by atoms with Crippen molar-refractivity contribution in [3.05, 3.63) is 12.2 Å². The Morgan fingerprint density at radius 2 is 1.67 bits per heavy atom. The van der Waals surface area contributed by atoms with Crippen molar-refractivity contribution >= 4 is 11.9 Å². The number of carbonyl (C=O) groups excluding carboxylic acids is 2. The van der Waals surface area contributed by atoms with Gasteiger partial charge in [0.05, 0.1) is 13.2 Å². The molecule has 0 aromatic carbocycles. The lowest BCUT2D eigenvalue weighted by Gasteiger charge is -2.27. The van der Waals surface area contributed by atoms with Gasteiger partial charge in [0.25, 0.3) is 0 Å². The van der Waals surface area contributed by atoms with Crippen LogP contribution in [-0.4, -0.2) is 25.2 Å². The first-order valence-corrected chi connectivity index (χ1v) is 6.53. The molecule has 2 aliphatic rings. The molecule has 100 valence electrons. The molecule has 18 heavy (non-hydrogen) atoms. The zero-order valence-electron chi connectivity index (χ0n) is 10.9. The molecule has 0 heterocycles. The van der Waals surface area contributed by atoms with Crippen LogP contribution in [0.1, 0.15) is 26.7 Å². The molecule has 0 radical (unpaired) electrons. The van der Waals surface area contributed by atoms with Crippen LogP contribution in [0.5, 0.6) is 0 Å². The van der Waals surface area contributed by atoms with Crippen molar-refractivity contribution in [3.8, 4) is 0 Å². The molecule has 0 aromatic heterocycles. The first-order valence-electron chi connectivity index (χ1n) is 6.53. The zero-order chi connectivity index (χ0) is 13.1. The highest BCUT2D eigenvalue weighted by Gasteiger charge is 2.44. The summed E-state index contributed by atoms with van der Waals surface area (Å²) in [5.74, 6) is 1.49. The second kappa shape index (κ2) is 5.55. The van der Waals surface area contributed by atoms with E-state index < -0.39 is 0 Å². The molecule has 2 aliphatic carbocycles. The molecule has 0 spiro atoms. The Labute approximate surface area is 107 Å². The highest BCUT2D eigenvalue weighted by molar-refractivity contribution is 5.66. The first kappa shape index (κ1) is 13.1. The average Bonchev–Trinajstić information content (AvgIpc) is 2.86. The third kappa shape index (κ3) is 2.92. The van der Waals surface area contributed by atoms with E-state index in [0.29, 0.717) is 36.9 Å². The molecular formula is C14H20O4. The summed E-state index contributed by atoms with van der Waals surface area (Å²) in [5.41, 5.74) is 0. The monoisotopic (exact) mass is 252 g/mol. The summed E-state index contributed by atoms with van der Waals surface area (Å²) in [6.07, 6.45) is 6.50. The van der Waals surface area contributed by atoms with E-state index >= 15 is 0 Å². The Kier molecular flexibility index (Phi) is 4.04. The fourth-order valence-corrected chi connectivity index (χ4v) is 3.25. The molecular weight excluding hydrogens is 232 g/mol. The number of hydrogen-bond acceptors (Lipinski definition) is 4. The van der Waals surface area contributed by atoms with Crippen LogP contribution in [0.3, 0.4) is 0 Å². The highest BCUT2D eigenvalue weighted by atomic mass is 16.5. The van der Waals surface area contributed by atoms with Gasteiger partial charge in [-0.15, -0.1) is 0 Å². The van der Waals surface area contributed by atoms with Crippen LogP contribution in [0.25, 0.3) is 0 Å². The van der Waals surface area contributed by atoms with Crippen molar-refractivity contribution in [2.45, 2.75) is 26.7 Å². The largest absolute Gasteiger partial charge is 0.466 e. The SMILES string of the molecule is CC(=O)OCCC1C2C=CC(C2)C1COC(C)=O. The third-order valence-electron chi connectivity index (χ3n) is 4.04. The van der Waals surface area contributed by atoms with Crippen LogP contribution >= 0.6 is 0 Å². The van der Waals surface area contributed by atoms with Crippen molar-refractivity contribution in [1.82, 2.24) is 0 Å². The minimum absolute atomic E-state index is 0.222. The van der Waals surface area contributed by atoms with Crippen molar-refractivity contribution in [3.63, 3.8) is 0 Å². The average molecular weight is 252 g/mol. The summed E-state index contributed by atoms with van der Waals surface area (Å²) in [6.45, 7) is 3.83. The Morgan fingerprint density at radius 3 is 2.28 bits per heavy atom. The molecule has 1 fully saturated rings. The third-order valence-corrected chi connectivity index (χ3v) is 4.04. The van der Waals surface area contributed by atoms with Gasteiger partial charge in [-0.2, -0.15) is 0 Å². The molecule has 0 amide bonds. The van der Waals surface area contributed by atoms with Gasteiger partial charge in [0.2, 0.25) is 0 Å². The highest BCUT2D eigenvalue weighted by Crippen LogP contribution is 2.49. The van der Waals surface area contributed by atoms with E-state index in [0.717, 1.165) is 12.8 Å². The van der Waals surface area contributed by atoms with E-state index in [1.807, 2.05) is 0 Å². The smallest absolute Gasteiger partial charge is 0.302 e. The number of rotatable bonds is 5. The second-order valence-electron chi connectivity index (χ2n) is 5.21. The summed E-state index contributed by atoms with van der Waals surface area (Å²) in [6, 6.07) is 0. The van der Waals surface area contributed by atoms with Gasteiger partial charge in [-0.3, -0.25) is 9.59 Å². The molecule has 0 aliphatic heterocycles. The lowest BCUT2D eigenvalue weighted by atomic mass is 9.81. The maximum absolute atomic E-state index is 10.9.